The van der Waals surface area contributed by atoms with Crippen molar-refractivity contribution in [3.05, 3.63) is 82.7 Å². The van der Waals surface area contributed by atoms with Gasteiger partial charge in [-0.05, 0) is 69.6 Å². The first-order chi connectivity index (χ1) is 19.9. The predicted octanol–water partition coefficient (Wildman–Crippen LogP) is 5.05. The average molecular weight is 578 g/mol. The summed E-state index contributed by atoms with van der Waals surface area (Å²) in [6.45, 7) is 15.2. The molecule has 2 aliphatic heterocycles. The fourth-order valence-electron chi connectivity index (χ4n) is 5.11. The number of aliphatic hydroxyl groups is 1. The van der Waals surface area contributed by atoms with Crippen molar-refractivity contribution in [2.45, 2.75) is 79.7 Å². The minimum absolute atomic E-state index is 0.127. The largest absolute Gasteiger partial charge is 0.394 e. The number of rotatable bonds is 11. The van der Waals surface area contributed by atoms with E-state index in [1.165, 1.54) is 12.2 Å². The van der Waals surface area contributed by atoms with Crippen LogP contribution in [-0.4, -0.2) is 57.7 Å². The van der Waals surface area contributed by atoms with Crippen LogP contribution in [0.4, 0.5) is 0 Å². The first-order valence-electron chi connectivity index (χ1n) is 14.8. The van der Waals surface area contributed by atoms with Crippen LogP contribution in [0, 0.1) is 11.8 Å². The van der Waals surface area contributed by atoms with Gasteiger partial charge >= 0.3 is 0 Å². The van der Waals surface area contributed by atoms with Crippen molar-refractivity contribution in [1.29, 1.82) is 0 Å². The molecule has 0 aromatic heterocycles. The zero-order chi connectivity index (χ0) is 31.6. The van der Waals surface area contributed by atoms with Crippen molar-refractivity contribution < 1.29 is 24.3 Å². The standard InChI is InChI=1S/C34H47N3O5/c1-8-25(17-18-35)12-15-28(10-3)36-33(41)27-13-11-23(6)31(39)37(29(21-38)19-22(4)5)32(40)26(9-2)14-16-30(34(36)42)24(7)20-27/h10-16,22,24,29,38H,3,8-9,17-21,35H2,1-2,4-7H3/b23-11+,25-12+,26-14+,27-13+,28-15+,30-16+. The van der Waals surface area contributed by atoms with Crippen LogP contribution < -0.4 is 5.73 Å². The first kappa shape index (κ1) is 34.6. The van der Waals surface area contributed by atoms with Gasteiger partial charge in [0, 0.05) is 22.3 Å². The number of likely N-dealkylation sites (tertiary alicyclic amines) is 1. The molecule has 2 aliphatic rings. The first-order valence-corrected chi connectivity index (χ1v) is 14.8. The fraction of sp³-hybridized carbons (Fsp3) is 0.471. The highest BCUT2D eigenvalue weighted by Crippen LogP contribution is 2.31. The smallest absolute Gasteiger partial charge is 0.261 e. The Balaban J connectivity index is 2.85. The van der Waals surface area contributed by atoms with Crippen LogP contribution in [0.15, 0.2) is 82.7 Å². The Labute approximate surface area is 250 Å². The van der Waals surface area contributed by atoms with E-state index in [0.29, 0.717) is 48.2 Å². The molecule has 4 amide bonds. The molecule has 0 radical (unpaired) electrons. The molecule has 3 N–H and O–H groups in total. The normalized spacial score (nSPS) is 25.3. The van der Waals surface area contributed by atoms with Gasteiger partial charge < -0.3 is 10.8 Å². The molecule has 8 nitrogen and oxygen atoms in total. The number of amides is 4. The van der Waals surface area contributed by atoms with Gasteiger partial charge in [0.25, 0.3) is 23.6 Å². The highest BCUT2D eigenvalue weighted by molar-refractivity contribution is 6.14. The SMILES string of the molecule is C=C/C(=C\C=C(/CC)CCN)N1C(=O)/C2=C/C=C(\C)C(=O)N(C(CO)CC(C)C)C(=O)/C(CC)=C/C=C(/C1=O)C(C)C2. The number of allylic oxidation sites excluding steroid dienone is 7. The lowest BCUT2D eigenvalue weighted by Gasteiger charge is -2.31. The highest BCUT2D eigenvalue weighted by Gasteiger charge is 2.37. The summed E-state index contributed by atoms with van der Waals surface area (Å²) in [6.07, 6.45) is 13.7. The van der Waals surface area contributed by atoms with Crippen LogP contribution in [0.2, 0.25) is 0 Å². The summed E-state index contributed by atoms with van der Waals surface area (Å²) in [4.78, 5) is 57.7. The Bertz CT molecular complexity index is 1260. The van der Waals surface area contributed by atoms with E-state index >= 15 is 0 Å². The zero-order valence-electron chi connectivity index (χ0n) is 26.0. The van der Waals surface area contributed by atoms with E-state index in [1.54, 1.807) is 38.2 Å². The van der Waals surface area contributed by atoms with E-state index in [9.17, 15) is 24.3 Å². The molecule has 0 aromatic carbocycles. The lowest BCUT2D eigenvalue weighted by Crippen LogP contribution is -2.48. The number of nitrogens with zero attached hydrogens (tertiary/aromatic N) is 2. The van der Waals surface area contributed by atoms with Gasteiger partial charge in [-0.3, -0.25) is 24.1 Å². The van der Waals surface area contributed by atoms with Crippen molar-refractivity contribution in [2.24, 2.45) is 17.6 Å². The second-order valence-electron chi connectivity index (χ2n) is 11.2. The van der Waals surface area contributed by atoms with Gasteiger partial charge in [0.2, 0.25) is 0 Å². The average Bonchev–Trinajstić information content (AvgIpc) is 3.04. The van der Waals surface area contributed by atoms with Crippen molar-refractivity contribution >= 4 is 23.6 Å². The number of carbonyl (C=O) groups is 4. The number of imide groups is 2. The summed E-state index contributed by atoms with van der Waals surface area (Å²) >= 11 is 0. The maximum atomic E-state index is 14.0. The van der Waals surface area contributed by atoms with Gasteiger partial charge in [0.15, 0.2) is 0 Å². The van der Waals surface area contributed by atoms with Gasteiger partial charge in [-0.25, -0.2) is 4.90 Å². The summed E-state index contributed by atoms with van der Waals surface area (Å²) in [5.74, 6) is -2.26. The van der Waals surface area contributed by atoms with Crippen LogP contribution in [0.1, 0.15) is 73.6 Å². The molecule has 8 heteroatoms. The van der Waals surface area contributed by atoms with E-state index in [4.69, 9.17) is 5.73 Å². The van der Waals surface area contributed by atoms with Crippen LogP contribution in [0.25, 0.3) is 0 Å². The summed E-state index contributed by atoms with van der Waals surface area (Å²) in [5, 5.41) is 10.2. The summed E-state index contributed by atoms with van der Waals surface area (Å²) < 4.78 is 0. The molecule has 0 spiro atoms. The van der Waals surface area contributed by atoms with E-state index in [2.05, 4.69) is 6.58 Å². The second kappa shape index (κ2) is 16.1. The molecule has 1 saturated heterocycles. The van der Waals surface area contributed by atoms with Crippen molar-refractivity contribution in [3.63, 3.8) is 0 Å². The van der Waals surface area contributed by atoms with Gasteiger partial charge in [0.1, 0.15) is 0 Å². The minimum atomic E-state index is -0.716. The molecular weight excluding hydrogens is 530 g/mol. The van der Waals surface area contributed by atoms with Gasteiger partial charge in [0.05, 0.1) is 18.3 Å². The predicted molar refractivity (Wildman–Crippen MR) is 166 cm³/mol. The molecule has 2 unspecified atom stereocenters. The Morgan fingerprint density at radius 2 is 1.74 bits per heavy atom. The van der Waals surface area contributed by atoms with Crippen LogP contribution in [0.5, 0.6) is 0 Å². The highest BCUT2D eigenvalue weighted by atomic mass is 16.3. The molecule has 2 heterocycles. The molecule has 0 aliphatic carbocycles. The van der Waals surface area contributed by atoms with Crippen molar-refractivity contribution in [1.82, 2.24) is 9.80 Å². The third-order valence-corrected chi connectivity index (χ3v) is 7.61. The lowest BCUT2D eigenvalue weighted by atomic mass is 9.93. The maximum absolute atomic E-state index is 14.0. The van der Waals surface area contributed by atoms with Crippen LogP contribution >= 0.6 is 0 Å². The topological polar surface area (TPSA) is 121 Å². The third kappa shape index (κ3) is 8.23. The number of hydrogen-bond donors (Lipinski definition) is 2. The third-order valence-electron chi connectivity index (χ3n) is 7.61. The van der Waals surface area contributed by atoms with E-state index < -0.39 is 29.7 Å². The van der Waals surface area contributed by atoms with Gasteiger partial charge in [-0.1, -0.05) is 77.2 Å². The molecule has 2 bridgehead atoms. The molecular formula is C34H47N3O5. The minimum Gasteiger partial charge on any atom is -0.394 e. The van der Waals surface area contributed by atoms with E-state index in [-0.39, 0.29) is 30.4 Å². The van der Waals surface area contributed by atoms with Gasteiger partial charge in [-0.2, -0.15) is 0 Å². The number of carbonyl (C=O) groups excluding carboxylic acids is 4. The van der Waals surface area contributed by atoms with Crippen molar-refractivity contribution in [3.8, 4) is 0 Å². The molecule has 1 fully saturated rings. The number of aliphatic hydroxyl groups excluding tert-OH is 1. The molecule has 0 saturated carbocycles. The Morgan fingerprint density at radius 3 is 2.29 bits per heavy atom. The number of fused-ring (bicyclic) bond motifs is 3. The summed E-state index contributed by atoms with van der Waals surface area (Å²) in [7, 11) is 0. The molecule has 2 rings (SSSR count). The number of nitrogens with two attached hydrogens (primary N) is 1. The van der Waals surface area contributed by atoms with Crippen LogP contribution in [-0.2, 0) is 19.2 Å². The molecule has 42 heavy (non-hydrogen) atoms. The monoisotopic (exact) mass is 577 g/mol. The Morgan fingerprint density at radius 1 is 1.05 bits per heavy atom. The fourth-order valence-corrected chi connectivity index (χ4v) is 5.11. The number of hydrogen-bond acceptors (Lipinski definition) is 6. The van der Waals surface area contributed by atoms with Crippen molar-refractivity contribution in [2.75, 3.05) is 13.2 Å². The van der Waals surface area contributed by atoms with Crippen LogP contribution in [0.3, 0.4) is 0 Å². The maximum Gasteiger partial charge on any atom is 0.261 e. The zero-order valence-corrected chi connectivity index (χ0v) is 26.0. The second-order valence-corrected chi connectivity index (χ2v) is 11.2. The Hall–Kier alpha value is -3.62. The summed E-state index contributed by atoms with van der Waals surface area (Å²) in [5.41, 5.74) is 8.38. The molecule has 0 aromatic rings. The lowest BCUT2D eigenvalue weighted by molar-refractivity contribution is -0.144. The van der Waals surface area contributed by atoms with Gasteiger partial charge in [-0.15, -0.1) is 0 Å². The quantitative estimate of drug-likeness (QED) is 0.262. The van der Waals surface area contributed by atoms with E-state index in [1.807, 2.05) is 33.8 Å². The summed E-state index contributed by atoms with van der Waals surface area (Å²) in [6, 6.07) is -0.716. The van der Waals surface area contributed by atoms with E-state index in [0.717, 1.165) is 21.8 Å². The Kier molecular flexibility index (Phi) is 13.3. The molecule has 2 atom stereocenters. The molecule has 228 valence electrons.